The molecule has 0 saturated heterocycles. The maximum Gasteiger partial charge on any atom is 0.283 e. The molecule has 2 aromatic carbocycles. The van der Waals surface area contributed by atoms with E-state index in [4.69, 9.17) is 9.73 Å². The van der Waals surface area contributed by atoms with Gasteiger partial charge in [-0.2, -0.15) is 5.10 Å². The van der Waals surface area contributed by atoms with E-state index in [0.717, 1.165) is 46.7 Å². The maximum absolute atomic E-state index is 13.4. The summed E-state index contributed by atoms with van der Waals surface area (Å²) < 4.78 is 5.22. The number of carbonyl (C=O) groups is 1. The topological polar surface area (TPSA) is 70.6 Å². The quantitative estimate of drug-likeness (QED) is 0.403. The number of hydrogen-bond acceptors (Lipinski definition) is 5. The lowest BCUT2D eigenvalue weighted by atomic mass is 10.1. The first kappa shape index (κ1) is 21.9. The van der Waals surface area contributed by atoms with E-state index in [1.54, 1.807) is 23.8 Å². The van der Waals surface area contributed by atoms with Gasteiger partial charge in [-0.05, 0) is 79.3 Å². The van der Waals surface area contributed by atoms with E-state index in [2.05, 4.69) is 16.3 Å². The van der Waals surface area contributed by atoms with E-state index in [9.17, 15) is 4.79 Å². The SMILES string of the molecule is COc1ccc(C=C2N=C(SCCCc3cn[nH]c3)N(c3cc(C)cc(C)c3)C2=O)cc1. The molecule has 6 nitrogen and oxygen atoms in total. The van der Waals surface area contributed by atoms with Crippen LogP contribution in [0, 0.1) is 13.8 Å². The number of amidine groups is 1. The van der Waals surface area contributed by atoms with Crippen molar-refractivity contribution in [2.24, 2.45) is 4.99 Å². The predicted octanol–water partition coefficient (Wildman–Crippen LogP) is 5.14. The van der Waals surface area contributed by atoms with Crippen LogP contribution in [-0.4, -0.2) is 34.1 Å². The van der Waals surface area contributed by atoms with E-state index >= 15 is 0 Å². The number of carbonyl (C=O) groups excluding carboxylic acids is 1. The minimum atomic E-state index is -0.108. The number of ether oxygens (including phenoxy) is 1. The van der Waals surface area contributed by atoms with Gasteiger partial charge in [0.15, 0.2) is 5.17 Å². The molecule has 1 aliphatic heterocycles. The van der Waals surface area contributed by atoms with Gasteiger partial charge in [-0.25, -0.2) is 4.99 Å². The number of benzene rings is 2. The molecule has 0 atom stereocenters. The number of nitrogens with one attached hydrogen (secondary N) is 1. The van der Waals surface area contributed by atoms with Crippen LogP contribution >= 0.6 is 11.8 Å². The lowest BCUT2D eigenvalue weighted by Crippen LogP contribution is -2.30. The van der Waals surface area contributed by atoms with Crippen LogP contribution in [0.5, 0.6) is 5.75 Å². The van der Waals surface area contributed by atoms with Crippen LogP contribution in [0.15, 0.2) is 65.5 Å². The van der Waals surface area contributed by atoms with Crippen molar-refractivity contribution in [1.82, 2.24) is 10.2 Å². The van der Waals surface area contributed by atoms with E-state index in [0.29, 0.717) is 10.9 Å². The second kappa shape index (κ2) is 9.87. The zero-order valence-corrected chi connectivity index (χ0v) is 19.3. The van der Waals surface area contributed by atoms with Crippen LogP contribution in [0.1, 0.15) is 28.7 Å². The van der Waals surface area contributed by atoms with Gasteiger partial charge < -0.3 is 4.74 Å². The number of aliphatic imine (C=N–C) groups is 1. The summed E-state index contributed by atoms with van der Waals surface area (Å²) in [7, 11) is 1.63. The molecule has 0 bridgehead atoms. The van der Waals surface area contributed by atoms with Crippen LogP contribution in [0.2, 0.25) is 0 Å². The van der Waals surface area contributed by atoms with Gasteiger partial charge in [0.05, 0.1) is 19.0 Å². The molecule has 0 spiro atoms. The lowest BCUT2D eigenvalue weighted by Gasteiger charge is -2.19. The maximum atomic E-state index is 13.4. The second-order valence-electron chi connectivity index (χ2n) is 7.74. The Morgan fingerprint density at radius 2 is 1.88 bits per heavy atom. The molecular formula is C25H26N4O2S. The first-order valence-corrected chi connectivity index (χ1v) is 11.5. The Bertz CT molecular complexity index is 1130. The van der Waals surface area contributed by atoms with Gasteiger partial charge >= 0.3 is 0 Å². The number of amides is 1. The third-order valence-electron chi connectivity index (χ3n) is 5.11. The molecule has 7 heteroatoms. The van der Waals surface area contributed by atoms with E-state index in [1.807, 2.05) is 68.7 Å². The van der Waals surface area contributed by atoms with Crippen LogP contribution in [0.3, 0.4) is 0 Å². The summed E-state index contributed by atoms with van der Waals surface area (Å²) >= 11 is 1.61. The predicted molar refractivity (Wildman–Crippen MR) is 131 cm³/mol. The number of aromatic amines is 1. The molecule has 1 aliphatic rings. The van der Waals surface area contributed by atoms with Crippen LogP contribution in [-0.2, 0) is 11.2 Å². The average Bonchev–Trinajstić information content (AvgIpc) is 3.39. The highest BCUT2D eigenvalue weighted by Crippen LogP contribution is 2.31. The number of H-pyrrole nitrogens is 1. The summed E-state index contributed by atoms with van der Waals surface area (Å²) in [5.74, 6) is 1.52. The van der Waals surface area contributed by atoms with Gasteiger partial charge in [-0.15, -0.1) is 0 Å². The van der Waals surface area contributed by atoms with E-state index < -0.39 is 0 Å². The molecule has 1 aromatic heterocycles. The molecular weight excluding hydrogens is 420 g/mol. The Kier molecular flexibility index (Phi) is 6.75. The van der Waals surface area contributed by atoms with Crippen molar-refractivity contribution in [2.75, 3.05) is 17.8 Å². The minimum absolute atomic E-state index is 0.108. The first-order chi connectivity index (χ1) is 15.5. The van der Waals surface area contributed by atoms with Crippen molar-refractivity contribution in [3.05, 3.63) is 82.8 Å². The Morgan fingerprint density at radius 3 is 2.53 bits per heavy atom. The minimum Gasteiger partial charge on any atom is -0.497 e. The Morgan fingerprint density at radius 1 is 1.12 bits per heavy atom. The molecule has 1 amide bonds. The molecule has 3 aromatic rings. The molecule has 0 saturated carbocycles. The monoisotopic (exact) mass is 446 g/mol. The van der Waals surface area contributed by atoms with Gasteiger partial charge in [-0.3, -0.25) is 14.8 Å². The van der Waals surface area contributed by atoms with Crippen molar-refractivity contribution in [3.63, 3.8) is 0 Å². The van der Waals surface area contributed by atoms with Crippen molar-refractivity contribution in [2.45, 2.75) is 26.7 Å². The van der Waals surface area contributed by atoms with Gasteiger partial charge in [0, 0.05) is 11.9 Å². The molecule has 32 heavy (non-hydrogen) atoms. The molecule has 2 heterocycles. The molecule has 4 rings (SSSR count). The summed E-state index contributed by atoms with van der Waals surface area (Å²) in [5, 5.41) is 7.55. The Balaban J connectivity index is 1.58. The largest absolute Gasteiger partial charge is 0.497 e. The lowest BCUT2D eigenvalue weighted by molar-refractivity contribution is -0.113. The van der Waals surface area contributed by atoms with E-state index in [-0.39, 0.29) is 5.91 Å². The average molecular weight is 447 g/mol. The Hall–Kier alpha value is -3.32. The zero-order valence-electron chi connectivity index (χ0n) is 18.5. The summed E-state index contributed by atoms with van der Waals surface area (Å²) in [5.41, 5.74) is 5.61. The third kappa shape index (κ3) is 5.11. The fraction of sp³-hybridized carbons (Fsp3) is 0.240. The molecule has 164 valence electrons. The molecule has 0 unspecified atom stereocenters. The van der Waals surface area contributed by atoms with Crippen molar-refractivity contribution in [1.29, 1.82) is 0 Å². The summed E-state index contributed by atoms with van der Waals surface area (Å²) in [6.45, 7) is 4.08. The number of nitrogens with zero attached hydrogens (tertiary/aromatic N) is 3. The number of aromatic nitrogens is 2. The smallest absolute Gasteiger partial charge is 0.283 e. The number of rotatable bonds is 7. The summed E-state index contributed by atoms with van der Waals surface area (Å²) in [6, 6.07) is 13.8. The fourth-order valence-corrected chi connectivity index (χ4v) is 4.56. The number of aryl methyl sites for hydroxylation is 3. The molecule has 0 fully saturated rings. The number of anilines is 1. The summed E-state index contributed by atoms with van der Waals surface area (Å²) in [6.07, 6.45) is 7.49. The number of hydrogen-bond donors (Lipinski definition) is 1. The number of methoxy groups -OCH3 is 1. The highest BCUT2D eigenvalue weighted by molar-refractivity contribution is 8.14. The second-order valence-corrected chi connectivity index (χ2v) is 8.80. The van der Waals surface area contributed by atoms with Crippen LogP contribution in [0.25, 0.3) is 6.08 Å². The summed E-state index contributed by atoms with van der Waals surface area (Å²) in [4.78, 5) is 19.8. The zero-order chi connectivity index (χ0) is 22.5. The highest BCUT2D eigenvalue weighted by atomic mass is 32.2. The highest BCUT2D eigenvalue weighted by Gasteiger charge is 2.32. The molecule has 0 radical (unpaired) electrons. The van der Waals surface area contributed by atoms with Crippen molar-refractivity contribution >= 4 is 34.6 Å². The third-order valence-corrected chi connectivity index (χ3v) is 6.13. The van der Waals surface area contributed by atoms with Crippen LogP contribution < -0.4 is 9.64 Å². The Labute approximate surface area is 192 Å². The number of thioether (sulfide) groups is 1. The van der Waals surface area contributed by atoms with Crippen molar-refractivity contribution in [3.8, 4) is 5.75 Å². The van der Waals surface area contributed by atoms with Gasteiger partial charge in [0.2, 0.25) is 0 Å². The standard InChI is InChI=1S/C25H26N4O2S/c1-17-11-18(2)13-21(12-17)29-24(30)23(14-19-6-8-22(31-3)9-7-19)28-25(29)32-10-4-5-20-15-26-27-16-20/h6-9,11-16H,4-5,10H2,1-3H3,(H,26,27). The normalized spacial score (nSPS) is 14.8. The van der Waals surface area contributed by atoms with Crippen LogP contribution in [0.4, 0.5) is 5.69 Å². The van der Waals surface area contributed by atoms with Gasteiger partial charge in [0.1, 0.15) is 11.4 Å². The molecule has 0 aliphatic carbocycles. The van der Waals surface area contributed by atoms with Gasteiger partial charge in [-0.1, -0.05) is 30.0 Å². The molecule has 1 N–H and O–H groups in total. The fourth-order valence-electron chi connectivity index (χ4n) is 3.61. The van der Waals surface area contributed by atoms with Crippen molar-refractivity contribution < 1.29 is 9.53 Å². The van der Waals surface area contributed by atoms with E-state index in [1.165, 1.54) is 5.56 Å². The van der Waals surface area contributed by atoms with Gasteiger partial charge in [0.25, 0.3) is 5.91 Å². The first-order valence-electron chi connectivity index (χ1n) is 10.5.